The molecule has 0 fully saturated rings. The fraction of sp³-hybridized carbons (Fsp3) is 0.560. The van der Waals surface area contributed by atoms with E-state index in [4.69, 9.17) is 0 Å². The van der Waals surface area contributed by atoms with Crippen LogP contribution in [0, 0.1) is 0 Å². The molecule has 0 aromatic heterocycles. The Morgan fingerprint density at radius 1 is 0.280 bits per heavy atom. The third kappa shape index (κ3) is 6.52. The molecule has 4 aromatic rings. The van der Waals surface area contributed by atoms with Crippen LogP contribution in [0.5, 0.6) is 0 Å². The second-order valence-corrected chi connectivity index (χ2v) is 15.9. The van der Waals surface area contributed by atoms with Crippen LogP contribution in [0.3, 0.4) is 0 Å². The molecular weight excluding hydrogens is 601 g/mol. The first-order chi connectivity index (χ1) is 24.5. The number of fused-ring (bicyclic) bond motifs is 5. The molecule has 0 saturated carbocycles. The van der Waals surface area contributed by atoms with E-state index in [1.807, 2.05) is 0 Å². The Morgan fingerprint density at radius 3 is 0.800 bits per heavy atom. The maximum absolute atomic E-state index is 2.44. The largest absolute Gasteiger partial charge is 0.0651 e. The summed E-state index contributed by atoms with van der Waals surface area (Å²) in [5, 5.41) is 3.08. The highest BCUT2D eigenvalue weighted by Crippen LogP contribution is 2.47. The van der Waals surface area contributed by atoms with Crippen molar-refractivity contribution in [1.29, 1.82) is 0 Å². The highest BCUT2D eigenvalue weighted by atomic mass is 14.4. The van der Waals surface area contributed by atoms with Crippen molar-refractivity contribution in [2.75, 3.05) is 0 Å². The molecule has 2 aliphatic carbocycles. The maximum atomic E-state index is 2.44. The quantitative estimate of drug-likeness (QED) is 0.0963. The van der Waals surface area contributed by atoms with Crippen LogP contribution in [-0.2, 0) is 77.0 Å². The summed E-state index contributed by atoms with van der Waals surface area (Å²) in [5.74, 6) is 0. The number of hydrogen-bond acceptors (Lipinski definition) is 0. The molecule has 0 amide bonds. The molecule has 4 aromatic carbocycles. The van der Waals surface area contributed by atoms with E-state index in [9.17, 15) is 0 Å². The minimum Gasteiger partial charge on any atom is -0.0651 e. The summed E-state index contributed by atoms with van der Waals surface area (Å²) >= 11 is 0. The van der Waals surface area contributed by atoms with Crippen molar-refractivity contribution in [2.45, 2.75) is 184 Å². The highest BCUT2D eigenvalue weighted by Gasteiger charge is 2.34. The van der Waals surface area contributed by atoms with E-state index in [1.165, 1.54) is 126 Å². The molecule has 0 saturated heterocycles. The van der Waals surface area contributed by atoms with E-state index in [0.717, 1.165) is 12.8 Å². The van der Waals surface area contributed by atoms with Crippen molar-refractivity contribution in [3.05, 3.63) is 113 Å². The summed E-state index contributed by atoms with van der Waals surface area (Å²) in [4.78, 5) is 0. The molecule has 0 bridgehead atoms. The van der Waals surface area contributed by atoms with Crippen LogP contribution in [0.1, 0.15) is 196 Å². The molecule has 0 nitrogen and oxygen atoms in total. The van der Waals surface area contributed by atoms with E-state index < -0.39 is 0 Å². The van der Waals surface area contributed by atoms with Crippen molar-refractivity contribution in [3.8, 4) is 0 Å². The topological polar surface area (TPSA) is 0 Å². The fourth-order valence-electron chi connectivity index (χ4n) is 10.7. The number of benzene rings is 4. The van der Waals surface area contributed by atoms with Crippen molar-refractivity contribution < 1.29 is 0 Å². The van der Waals surface area contributed by atoms with Gasteiger partial charge in [-0.3, -0.25) is 0 Å². The van der Waals surface area contributed by atoms with Crippen molar-refractivity contribution in [3.63, 3.8) is 0 Å². The van der Waals surface area contributed by atoms with Gasteiger partial charge in [0.1, 0.15) is 0 Å². The van der Waals surface area contributed by atoms with E-state index in [0.29, 0.717) is 0 Å². The van der Waals surface area contributed by atoms with Gasteiger partial charge in [-0.15, -0.1) is 0 Å². The molecule has 50 heavy (non-hydrogen) atoms. The van der Waals surface area contributed by atoms with Gasteiger partial charge in [0.15, 0.2) is 0 Å². The van der Waals surface area contributed by atoms with Crippen molar-refractivity contribution in [1.82, 2.24) is 0 Å². The van der Waals surface area contributed by atoms with Crippen LogP contribution in [0.2, 0.25) is 0 Å². The van der Waals surface area contributed by atoms with Crippen molar-refractivity contribution in [2.24, 2.45) is 0 Å². The van der Waals surface area contributed by atoms with Crippen LogP contribution in [-0.4, -0.2) is 0 Å². The smallest absolute Gasteiger partial charge is 0.00141 e. The van der Waals surface area contributed by atoms with Gasteiger partial charge in [0, 0.05) is 0 Å². The number of rotatable bonds is 16. The molecule has 0 heterocycles. The maximum Gasteiger partial charge on any atom is -0.00141 e. The van der Waals surface area contributed by atoms with Crippen LogP contribution in [0.15, 0.2) is 24.3 Å². The molecule has 0 atom stereocenters. The third-order valence-corrected chi connectivity index (χ3v) is 12.5. The molecular formula is C50H68. The van der Waals surface area contributed by atoms with Gasteiger partial charge in [0.25, 0.3) is 0 Å². The van der Waals surface area contributed by atoms with Crippen molar-refractivity contribution >= 4 is 10.8 Å². The molecule has 6 rings (SSSR count). The Hall–Kier alpha value is -2.86. The predicted molar refractivity (Wildman–Crippen MR) is 220 cm³/mol. The van der Waals surface area contributed by atoms with E-state index in [1.54, 1.807) is 89.0 Å². The van der Waals surface area contributed by atoms with Gasteiger partial charge in [-0.25, -0.2) is 0 Å². The summed E-state index contributed by atoms with van der Waals surface area (Å²) < 4.78 is 0. The standard InChI is InChI=1S/C50H68/c1-9-19-33-34(20-10-2)36(22-12-4)44-30-48-40(26-16-8)50-32-46-38(24-14-6)42-28-18-17-27-41(42)37(23-13-5)45(46)31-49(50)39(25-15-7)47(48)29-43(44)35(33)21-11-3/h17-18,27-28H,9-16,19-26,29-32H2,1-8H3. The lowest BCUT2D eigenvalue weighted by molar-refractivity contribution is 0.757. The highest BCUT2D eigenvalue weighted by molar-refractivity contribution is 5.92. The minimum absolute atomic E-state index is 1.15. The first-order valence-electron chi connectivity index (χ1n) is 21.4. The lowest BCUT2D eigenvalue weighted by atomic mass is 9.67. The Morgan fingerprint density at radius 2 is 0.500 bits per heavy atom. The average Bonchev–Trinajstić information content (AvgIpc) is 3.13. The summed E-state index contributed by atoms with van der Waals surface area (Å²) in [6.45, 7) is 19.3. The van der Waals surface area contributed by atoms with E-state index in [2.05, 4.69) is 79.7 Å². The molecule has 0 heteroatoms. The lowest BCUT2D eigenvalue weighted by Crippen LogP contribution is -2.25. The predicted octanol–water partition coefficient (Wildman–Crippen LogP) is 13.4. The molecule has 0 N–H and O–H groups in total. The van der Waals surface area contributed by atoms with Gasteiger partial charge in [-0.2, -0.15) is 0 Å². The Kier molecular flexibility index (Phi) is 12.3. The van der Waals surface area contributed by atoms with Gasteiger partial charge in [-0.1, -0.05) is 131 Å². The minimum atomic E-state index is 1.15. The van der Waals surface area contributed by atoms with Gasteiger partial charge in [0.2, 0.25) is 0 Å². The molecule has 2 aliphatic rings. The average molecular weight is 669 g/mol. The lowest BCUT2D eigenvalue weighted by Gasteiger charge is -2.37. The first-order valence-corrected chi connectivity index (χ1v) is 21.4. The van der Waals surface area contributed by atoms with E-state index >= 15 is 0 Å². The fourth-order valence-corrected chi connectivity index (χ4v) is 10.7. The van der Waals surface area contributed by atoms with E-state index in [-0.39, 0.29) is 0 Å². The van der Waals surface area contributed by atoms with Gasteiger partial charge >= 0.3 is 0 Å². The second-order valence-electron chi connectivity index (χ2n) is 15.9. The molecule has 0 unspecified atom stereocenters. The summed E-state index contributed by atoms with van der Waals surface area (Å²) in [6.07, 6.45) is 24.3. The zero-order valence-corrected chi connectivity index (χ0v) is 33.5. The van der Waals surface area contributed by atoms with Crippen LogP contribution in [0.25, 0.3) is 10.8 Å². The Labute approximate surface area is 306 Å². The summed E-state index contributed by atoms with van der Waals surface area (Å²) in [6, 6.07) is 9.46. The monoisotopic (exact) mass is 669 g/mol. The molecule has 0 spiro atoms. The van der Waals surface area contributed by atoms with Gasteiger partial charge in [-0.05, 0) is 177 Å². The SMILES string of the molecule is CCCc1c(CCC)c(CCC)c2c(c1CCC)Cc1c(CCC)c3c(c(CCC)c1C2)Cc1c(c(CCC)c2ccccc2c1CCC)C3. The number of hydrogen-bond donors (Lipinski definition) is 0. The zero-order valence-electron chi connectivity index (χ0n) is 33.5. The Balaban J connectivity index is 1.65. The normalized spacial score (nSPS) is 13.4. The Bertz CT molecular complexity index is 1700. The summed E-state index contributed by atoms with van der Waals surface area (Å²) in [5.41, 5.74) is 27.9. The van der Waals surface area contributed by atoms with Gasteiger partial charge in [0.05, 0.1) is 0 Å². The summed E-state index contributed by atoms with van der Waals surface area (Å²) in [7, 11) is 0. The zero-order chi connectivity index (χ0) is 35.4. The van der Waals surface area contributed by atoms with Crippen LogP contribution in [0.4, 0.5) is 0 Å². The van der Waals surface area contributed by atoms with Crippen LogP contribution < -0.4 is 0 Å². The number of aryl methyl sites for hydroxylation is 2. The van der Waals surface area contributed by atoms with Gasteiger partial charge < -0.3 is 0 Å². The van der Waals surface area contributed by atoms with Crippen LogP contribution >= 0.6 is 0 Å². The first kappa shape index (κ1) is 36.9. The third-order valence-electron chi connectivity index (χ3n) is 12.5. The second kappa shape index (κ2) is 16.7. The molecule has 268 valence electrons. The molecule has 0 radical (unpaired) electrons. The molecule has 0 aliphatic heterocycles.